The molecular formula is C28H31FN2O5S. The first kappa shape index (κ1) is 24.2. The molecule has 1 saturated carbocycles. The second-order valence-corrected chi connectivity index (χ2v) is 12.0. The largest absolute Gasteiger partial charge is 0.490 e. The molecule has 0 bridgehead atoms. The molecular weight excluding hydrogens is 495 g/mol. The van der Waals surface area contributed by atoms with Gasteiger partial charge in [0.05, 0.1) is 0 Å². The second-order valence-electron chi connectivity index (χ2n) is 10.2. The number of carbonyl (C=O) groups excluding carboxylic acids is 3. The fourth-order valence-corrected chi connectivity index (χ4v) is 6.78. The van der Waals surface area contributed by atoms with E-state index in [1.54, 1.807) is 18.2 Å². The Morgan fingerprint density at radius 2 is 1.76 bits per heavy atom. The lowest BCUT2D eigenvalue weighted by Gasteiger charge is -2.41. The highest BCUT2D eigenvalue weighted by atomic mass is 32.2. The van der Waals surface area contributed by atoms with Gasteiger partial charge in [-0.15, -0.1) is 0 Å². The Hall–Kier alpha value is -3.17. The number of amides is 2. The summed E-state index contributed by atoms with van der Waals surface area (Å²) < 4.78 is 26.0. The smallest absolute Gasteiger partial charge is 0.304 e. The van der Waals surface area contributed by atoms with Crippen LogP contribution in [-0.4, -0.2) is 64.3 Å². The van der Waals surface area contributed by atoms with Crippen molar-refractivity contribution in [2.45, 2.75) is 44.2 Å². The van der Waals surface area contributed by atoms with Crippen LogP contribution in [0.2, 0.25) is 0 Å². The van der Waals surface area contributed by atoms with Crippen molar-refractivity contribution in [2.75, 3.05) is 25.4 Å². The summed E-state index contributed by atoms with van der Waals surface area (Å²) >= 11 is -1.15. The van der Waals surface area contributed by atoms with Gasteiger partial charge >= 0.3 is 5.91 Å². The lowest BCUT2D eigenvalue weighted by Crippen LogP contribution is -2.46. The standard InChI is InChI=1S/C28H31FN2O5S/c29-18-6-4-17(5-7-18)24-22-9-8-21(35-20-10-12-30(13-11-20)19-2-1-3-19)16-23(22)36-25(24)26(32)31-14-15-37-28(34)27(31)33/h4-9,16,19-20H,1-3,10-15H2,37H4. The van der Waals surface area contributed by atoms with E-state index in [4.69, 9.17) is 9.15 Å². The molecule has 0 unspecified atom stereocenters. The number of ether oxygens (including phenoxy) is 1. The minimum atomic E-state index is -1.15. The number of carbonyl (C=O) groups is 3. The molecule has 2 aromatic carbocycles. The van der Waals surface area contributed by atoms with Gasteiger partial charge in [-0.1, -0.05) is 18.6 Å². The average molecular weight is 527 g/mol. The SMILES string of the molecule is O=C1[SH4]CCN(C(=O)c2oc3cc(OC4CCN(C5CCC5)CC4)ccc3c2-c2ccc(F)cc2)C1=O. The molecule has 0 spiro atoms. The van der Waals surface area contributed by atoms with Crippen LogP contribution < -0.4 is 4.74 Å². The molecule has 3 heterocycles. The molecule has 37 heavy (non-hydrogen) atoms. The van der Waals surface area contributed by atoms with Crippen LogP contribution in [0.3, 0.4) is 0 Å². The molecule has 6 rings (SSSR count). The van der Waals surface area contributed by atoms with Gasteiger partial charge in [0.1, 0.15) is 23.3 Å². The zero-order valence-electron chi connectivity index (χ0n) is 20.6. The molecule has 0 atom stereocenters. The van der Waals surface area contributed by atoms with E-state index in [2.05, 4.69) is 4.90 Å². The summed E-state index contributed by atoms with van der Waals surface area (Å²) in [4.78, 5) is 41.6. The monoisotopic (exact) mass is 526 g/mol. The van der Waals surface area contributed by atoms with Crippen LogP contribution >= 0.6 is 11.8 Å². The first-order valence-electron chi connectivity index (χ1n) is 13.1. The number of imide groups is 1. The van der Waals surface area contributed by atoms with E-state index in [9.17, 15) is 18.8 Å². The number of hydrogen-bond donors (Lipinski definition) is 0. The Morgan fingerprint density at radius 1 is 1.00 bits per heavy atom. The maximum Gasteiger partial charge on any atom is 0.304 e. The average Bonchev–Trinajstić information content (AvgIpc) is 3.25. The summed E-state index contributed by atoms with van der Waals surface area (Å²) in [5, 5.41) is 0.213. The molecule has 1 aliphatic carbocycles. The number of likely N-dealkylation sites (tertiary alicyclic amines) is 1. The first-order valence-corrected chi connectivity index (χ1v) is 14.8. The van der Waals surface area contributed by atoms with Gasteiger partial charge in [0.15, 0.2) is 0 Å². The van der Waals surface area contributed by atoms with Gasteiger partial charge in [-0.2, -0.15) is 0 Å². The number of fused-ring (bicyclic) bond motifs is 1. The fraction of sp³-hybridized carbons (Fsp3) is 0.393. The molecule has 196 valence electrons. The zero-order chi connectivity index (χ0) is 25.5. The van der Waals surface area contributed by atoms with E-state index in [0.717, 1.165) is 36.9 Å². The molecule has 7 nitrogen and oxygen atoms in total. The van der Waals surface area contributed by atoms with Crippen LogP contribution in [-0.2, 0) is 9.59 Å². The highest BCUT2D eigenvalue weighted by Gasteiger charge is 2.35. The van der Waals surface area contributed by atoms with Crippen molar-refractivity contribution in [3.05, 3.63) is 54.0 Å². The molecule has 2 amide bonds. The van der Waals surface area contributed by atoms with E-state index < -0.39 is 34.5 Å². The van der Waals surface area contributed by atoms with Crippen molar-refractivity contribution in [2.24, 2.45) is 0 Å². The van der Waals surface area contributed by atoms with E-state index in [0.29, 0.717) is 33.6 Å². The maximum absolute atomic E-state index is 13.7. The third-order valence-corrected chi connectivity index (χ3v) is 9.30. The Morgan fingerprint density at radius 3 is 2.46 bits per heavy atom. The summed E-state index contributed by atoms with van der Waals surface area (Å²) in [6.45, 7) is 2.29. The summed E-state index contributed by atoms with van der Waals surface area (Å²) in [7, 11) is 0. The minimum Gasteiger partial charge on any atom is -0.490 e. The minimum absolute atomic E-state index is 0.0303. The number of hydrogen-bond acceptors (Lipinski definition) is 6. The van der Waals surface area contributed by atoms with E-state index in [-0.39, 0.29) is 18.4 Å². The number of halogens is 1. The highest BCUT2D eigenvalue weighted by molar-refractivity contribution is 8.15. The van der Waals surface area contributed by atoms with Crippen molar-refractivity contribution >= 4 is 39.7 Å². The van der Waals surface area contributed by atoms with Crippen LogP contribution in [0.5, 0.6) is 5.75 Å². The van der Waals surface area contributed by atoms with Crippen LogP contribution in [0.15, 0.2) is 46.9 Å². The van der Waals surface area contributed by atoms with Crippen LogP contribution in [0.1, 0.15) is 42.7 Å². The van der Waals surface area contributed by atoms with E-state index in [1.165, 1.54) is 31.4 Å². The summed E-state index contributed by atoms with van der Waals surface area (Å²) in [6, 6.07) is 12.0. The lowest BCUT2D eigenvalue weighted by atomic mass is 9.90. The normalized spacial score (nSPS) is 20.1. The molecule has 9 heteroatoms. The Balaban J connectivity index is 1.30. The fourth-order valence-electron chi connectivity index (χ4n) is 5.58. The topological polar surface area (TPSA) is 80.1 Å². The molecule has 2 aliphatic heterocycles. The Bertz CT molecular complexity index is 1360. The van der Waals surface area contributed by atoms with Gasteiger partial charge in [0, 0.05) is 42.7 Å². The highest BCUT2D eigenvalue weighted by Crippen LogP contribution is 2.38. The van der Waals surface area contributed by atoms with Gasteiger partial charge in [-0.05, 0) is 61.3 Å². The number of rotatable bonds is 5. The third-order valence-electron chi connectivity index (χ3n) is 7.87. The summed E-state index contributed by atoms with van der Waals surface area (Å²) in [6.07, 6.45) is 5.98. The van der Waals surface area contributed by atoms with Crippen molar-refractivity contribution in [3.63, 3.8) is 0 Å². The van der Waals surface area contributed by atoms with E-state index in [1.807, 2.05) is 12.1 Å². The van der Waals surface area contributed by atoms with Crippen LogP contribution in [0.4, 0.5) is 4.39 Å². The predicted octanol–water partition coefficient (Wildman–Crippen LogP) is 3.81. The maximum atomic E-state index is 13.7. The number of nitrogens with zero attached hydrogens (tertiary/aromatic N) is 2. The Kier molecular flexibility index (Phi) is 6.50. The third kappa shape index (κ3) is 4.66. The quantitative estimate of drug-likeness (QED) is 0.372. The summed E-state index contributed by atoms with van der Waals surface area (Å²) in [5.41, 5.74) is 1.51. The first-order chi connectivity index (χ1) is 18.0. The van der Waals surface area contributed by atoms with Crippen molar-refractivity contribution in [1.82, 2.24) is 9.80 Å². The predicted molar refractivity (Wildman–Crippen MR) is 144 cm³/mol. The van der Waals surface area contributed by atoms with Gasteiger partial charge in [-0.3, -0.25) is 19.3 Å². The van der Waals surface area contributed by atoms with Gasteiger partial charge < -0.3 is 14.1 Å². The molecule has 3 aromatic rings. The molecule has 0 radical (unpaired) electrons. The van der Waals surface area contributed by atoms with Crippen molar-refractivity contribution < 1.29 is 27.9 Å². The van der Waals surface area contributed by atoms with Crippen molar-refractivity contribution in [1.29, 1.82) is 0 Å². The summed E-state index contributed by atoms with van der Waals surface area (Å²) in [5.74, 6) is -0.621. The number of benzene rings is 2. The molecule has 2 saturated heterocycles. The number of furan rings is 1. The van der Waals surface area contributed by atoms with Gasteiger partial charge in [-0.25, -0.2) is 16.2 Å². The molecule has 3 aliphatic rings. The molecule has 1 aromatic heterocycles. The van der Waals surface area contributed by atoms with Gasteiger partial charge in [0.25, 0.3) is 5.91 Å². The molecule has 0 N–H and O–H groups in total. The zero-order valence-corrected chi connectivity index (χ0v) is 22.0. The van der Waals surface area contributed by atoms with Crippen molar-refractivity contribution in [3.8, 4) is 16.9 Å². The number of piperidine rings is 1. The Labute approximate surface area is 217 Å². The van der Waals surface area contributed by atoms with Crippen LogP contribution in [0.25, 0.3) is 22.1 Å². The molecule has 3 fully saturated rings. The van der Waals surface area contributed by atoms with Crippen LogP contribution in [0, 0.1) is 5.82 Å². The van der Waals surface area contributed by atoms with Gasteiger partial charge in [0.2, 0.25) is 10.9 Å². The van der Waals surface area contributed by atoms with E-state index >= 15 is 0 Å². The second kappa shape index (κ2) is 9.95. The lowest BCUT2D eigenvalue weighted by molar-refractivity contribution is -0.138.